The van der Waals surface area contributed by atoms with Crippen LogP contribution in [-0.4, -0.2) is 18.4 Å². The molecule has 1 heterocycles. The van der Waals surface area contributed by atoms with Gasteiger partial charge in [0.25, 0.3) is 0 Å². The number of hydrogen-bond donors (Lipinski definition) is 2. The molecular formula is C22H28N4O. The van der Waals surface area contributed by atoms with Crippen LogP contribution in [0.2, 0.25) is 0 Å². The third-order valence-electron chi connectivity index (χ3n) is 5.01. The highest BCUT2D eigenvalue weighted by Gasteiger charge is 2.21. The number of carbonyl (C=O) groups is 1. The first-order valence-electron chi connectivity index (χ1n) is 9.69. The summed E-state index contributed by atoms with van der Waals surface area (Å²) in [5.74, 6) is 0.625. The first-order chi connectivity index (χ1) is 13.1. The van der Waals surface area contributed by atoms with E-state index in [2.05, 4.69) is 42.4 Å². The number of nitrogens with zero attached hydrogens (tertiary/aromatic N) is 2. The van der Waals surface area contributed by atoms with Crippen molar-refractivity contribution in [1.29, 1.82) is 0 Å². The zero-order valence-electron chi connectivity index (χ0n) is 16.2. The van der Waals surface area contributed by atoms with Gasteiger partial charge < -0.3 is 16.0 Å². The second kappa shape index (κ2) is 8.71. The van der Waals surface area contributed by atoms with E-state index in [9.17, 15) is 4.79 Å². The van der Waals surface area contributed by atoms with Gasteiger partial charge in [0.2, 0.25) is 5.91 Å². The fraction of sp³-hybridized carbons (Fsp3) is 0.364. The van der Waals surface area contributed by atoms with Crippen molar-refractivity contribution < 1.29 is 4.79 Å². The number of rotatable bonds is 6. The molecule has 1 amide bonds. The molecule has 27 heavy (non-hydrogen) atoms. The highest BCUT2D eigenvalue weighted by Crippen LogP contribution is 2.23. The minimum absolute atomic E-state index is 0.204. The van der Waals surface area contributed by atoms with Gasteiger partial charge >= 0.3 is 0 Å². The van der Waals surface area contributed by atoms with Gasteiger partial charge in [0, 0.05) is 24.3 Å². The largest absolute Gasteiger partial charge is 0.370 e. The number of amides is 1. The molecular weight excluding hydrogens is 336 g/mol. The average molecular weight is 364 g/mol. The zero-order chi connectivity index (χ0) is 19.2. The minimum atomic E-state index is 0.204. The fourth-order valence-corrected chi connectivity index (χ4v) is 3.45. The van der Waals surface area contributed by atoms with Crippen LogP contribution >= 0.6 is 0 Å². The number of aliphatic imine (C=N–C) groups is 1. The van der Waals surface area contributed by atoms with Gasteiger partial charge in [-0.3, -0.25) is 4.79 Å². The molecule has 142 valence electrons. The van der Waals surface area contributed by atoms with Crippen LogP contribution in [-0.2, 0) is 24.2 Å². The molecule has 0 spiro atoms. The van der Waals surface area contributed by atoms with Crippen molar-refractivity contribution in [3.63, 3.8) is 0 Å². The molecule has 1 aliphatic heterocycles. The molecule has 1 fully saturated rings. The van der Waals surface area contributed by atoms with Gasteiger partial charge in [0.1, 0.15) is 0 Å². The van der Waals surface area contributed by atoms with Crippen molar-refractivity contribution in [2.24, 2.45) is 10.7 Å². The predicted molar refractivity (Wildman–Crippen MR) is 112 cm³/mol. The SMILES string of the molecule is CCc1cccc(CC)c1NC(N)=NCc1ccc(N2CCCC2=O)cc1. The summed E-state index contributed by atoms with van der Waals surface area (Å²) in [7, 11) is 0. The van der Waals surface area contributed by atoms with Gasteiger partial charge in [0.15, 0.2) is 5.96 Å². The maximum Gasteiger partial charge on any atom is 0.227 e. The van der Waals surface area contributed by atoms with E-state index in [0.29, 0.717) is 18.9 Å². The Balaban J connectivity index is 1.67. The highest BCUT2D eigenvalue weighted by atomic mass is 16.2. The maximum atomic E-state index is 11.8. The summed E-state index contributed by atoms with van der Waals surface area (Å²) in [6.45, 7) is 5.59. The lowest BCUT2D eigenvalue weighted by atomic mass is 10.0. The zero-order valence-corrected chi connectivity index (χ0v) is 16.2. The van der Waals surface area contributed by atoms with Crippen molar-refractivity contribution in [3.05, 3.63) is 59.2 Å². The van der Waals surface area contributed by atoms with E-state index < -0.39 is 0 Å². The number of hydrogen-bond acceptors (Lipinski definition) is 2. The molecule has 3 rings (SSSR count). The smallest absolute Gasteiger partial charge is 0.227 e. The molecule has 0 saturated carbocycles. The Morgan fingerprint density at radius 2 is 1.78 bits per heavy atom. The summed E-state index contributed by atoms with van der Waals surface area (Å²) >= 11 is 0. The molecule has 0 atom stereocenters. The fourth-order valence-electron chi connectivity index (χ4n) is 3.45. The summed E-state index contributed by atoms with van der Waals surface area (Å²) < 4.78 is 0. The monoisotopic (exact) mass is 364 g/mol. The molecule has 0 aromatic heterocycles. The molecule has 5 heteroatoms. The first kappa shape index (κ1) is 19.0. The van der Waals surface area contributed by atoms with Gasteiger partial charge in [-0.25, -0.2) is 4.99 Å². The Hall–Kier alpha value is -2.82. The number of para-hydroxylation sites is 1. The highest BCUT2D eigenvalue weighted by molar-refractivity contribution is 5.95. The Morgan fingerprint density at radius 3 is 2.33 bits per heavy atom. The van der Waals surface area contributed by atoms with E-state index in [1.54, 1.807) is 0 Å². The molecule has 0 unspecified atom stereocenters. The summed E-state index contributed by atoms with van der Waals surface area (Å²) in [6.07, 6.45) is 3.47. The minimum Gasteiger partial charge on any atom is -0.370 e. The van der Waals surface area contributed by atoms with E-state index >= 15 is 0 Å². The Kier molecular flexibility index (Phi) is 6.12. The number of carbonyl (C=O) groups excluding carboxylic acids is 1. The summed E-state index contributed by atoms with van der Waals surface area (Å²) in [4.78, 5) is 18.2. The maximum absolute atomic E-state index is 11.8. The summed E-state index contributed by atoms with van der Waals surface area (Å²) in [5, 5.41) is 3.29. The predicted octanol–water partition coefficient (Wildman–Crippen LogP) is 3.87. The quantitative estimate of drug-likeness (QED) is 0.604. The lowest BCUT2D eigenvalue weighted by Crippen LogP contribution is -2.24. The Labute approximate surface area is 161 Å². The molecule has 2 aromatic rings. The molecule has 0 bridgehead atoms. The third kappa shape index (κ3) is 4.48. The molecule has 2 aromatic carbocycles. The lowest BCUT2D eigenvalue weighted by molar-refractivity contribution is -0.117. The van der Waals surface area contributed by atoms with Crippen LogP contribution in [0.1, 0.15) is 43.4 Å². The number of guanidine groups is 1. The van der Waals surface area contributed by atoms with Crippen molar-refractivity contribution >= 4 is 23.2 Å². The van der Waals surface area contributed by atoms with E-state index in [1.807, 2.05) is 29.2 Å². The third-order valence-corrected chi connectivity index (χ3v) is 5.01. The first-order valence-corrected chi connectivity index (χ1v) is 9.69. The second-order valence-corrected chi connectivity index (χ2v) is 6.80. The number of benzene rings is 2. The average Bonchev–Trinajstić information content (AvgIpc) is 3.13. The number of nitrogens with two attached hydrogens (primary N) is 1. The van der Waals surface area contributed by atoms with Gasteiger partial charge in [-0.15, -0.1) is 0 Å². The van der Waals surface area contributed by atoms with Crippen LogP contribution < -0.4 is 16.0 Å². The van der Waals surface area contributed by atoms with Crippen LogP contribution in [0.3, 0.4) is 0 Å². The normalized spacial score (nSPS) is 14.7. The second-order valence-electron chi connectivity index (χ2n) is 6.80. The van der Waals surface area contributed by atoms with E-state index in [1.165, 1.54) is 11.1 Å². The van der Waals surface area contributed by atoms with E-state index in [4.69, 9.17) is 5.73 Å². The van der Waals surface area contributed by atoms with Crippen LogP contribution in [0, 0.1) is 0 Å². The van der Waals surface area contributed by atoms with Crippen molar-refractivity contribution in [1.82, 2.24) is 0 Å². The molecule has 0 aliphatic carbocycles. The molecule has 3 N–H and O–H groups in total. The van der Waals surface area contributed by atoms with Crippen molar-refractivity contribution in [2.45, 2.75) is 46.1 Å². The molecule has 0 radical (unpaired) electrons. The number of nitrogens with one attached hydrogen (secondary N) is 1. The van der Waals surface area contributed by atoms with E-state index in [0.717, 1.165) is 42.7 Å². The van der Waals surface area contributed by atoms with E-state index in [-0.39, 0.29) is 5.91 Å². The summed E-state index contributed by atoms with van der Waals surface area (Å²) in [6, 6.07) is 14.3. The number of aryl methyl sites for hydroxylation is 2. The lowest BCUT2D eigenvalue weighted by Gasteiger charge is -2.16. The topological polar surface area (TPSA) is 70.7 Å². The van der Waals surface area contributed by atoms with Crippen LogP contribution in [0.15, 0.2) is 47.5 Å². The van der Waals surface area contributed by atoms with Gasteiger partial charge in [-0.05, 0) is 48.1 Å². The van der Waals surface area contributed by atoms with Crippen LogP contribution in [0.5, 0.6) is 0 Å². The molecule has 1 aliphatic rings. The van der Waals surface area contributed by atoms with Crippen molar-refractivity contribution in [2.75, 3.05) is 16.8 Å². The van der Waals surface area contributed by atoms with Gasteiger partial charge in [0.05, 0.1) is 6.54 Å². The summed E-state index contributed by atoms with van der Waals surface area (Å²) in [5.41, 5.74) is 11.7. The van der Waals surface area contributed by atoms with Gasteiger partial charge in [-0.2, -0.15) is 0 Å². The van der Waals surface area contributed by atoms with Crippen molar-refractivity contribution in [3.8, 4) is 0 Å². The Bertz CT molecular complexity index is 804. The Morgan fingerprint density at radius 1 is 1.11 bits per heavy atom. The molecule has 1 saturated heterocycles. The standard InChI is InChI=1S/C22H28N4O/c1-3-17-7-5-8-18(4-2)21(17)25-22(23)24-15-16-10-12-19(13-11-16)26-14-6-9-20(26)27/h5,7-8,10-13H,3-4,6,9,14-15H2,1-2H3,(H3,23,24,25). The van der Waals surface area contributed by atoms with Crippen LogP contribution in [0.4, 0.5) is 11.4 Å². The number of anilines is 2. The van der Waals surface area contributed by atoms with Gasteiger partial charge in [-0.1, -0.05) is 44.2 Å². The van der Waals surface area contributed by atoms with Crippen LogP contribution in [0.25, 0.3) is 0 Å². The molecule has 5 nitrogen and oxygen atoms in total.